The maximum atomic E-state index is 12.6. The number of hydrogen-bond acceptors (Lipinski definition) is 2. The van der Waals surface area contributed by atoms with Crippen LogP contribution in [0.4, 0.5) is 13.2 Å². The summed E-state index contributed by atoms with van der Waals surface area (Å²) in [5.41, 5.74) is 1.92. The summed E-state index contributed by atoms with van der Waals surface area (Å²) in [4.78, 5) is 0. The molecule has 22 heavy (non-hydrogen) atoms. The Morgan fingerprint density at radius 3 is 2.41 bits per heavy atom. The van der Waals surface area contributed by atoms with Gasteiger partial charge in [0.1, 0.15) is 12.4 Å². The van der Waals surface area contributed by atoms with Crippen molar-refractivity contribution in [2.45, 2.75) is 12.7 Å². The molecule has 0 unspecified atom stereocenters. The van der Waals surface area contributed by atoms with E-state index in [1.807, 2.05) is 18.2 Å². The Balaban J connectivity index is 0.00000176. The van der Waals surface area contributed by atoms with Gasteiger partial charge in [0.2, 0.25) is 0 Å². The third-order valence-corrected chi connectivity index (χ3v) is 3.46. The second kappa shape index (κ2) is 6.58. The first-order valence-electron chi connectivity index (χ1n) is 6.69. The van der Waals surface area contributed by atoms with Crippen molar-refractivity contribution in [3.63, 3.8) is 0 Å². The molecule has 3 rings (SSSR count). The Labute approximate surface area is 132 Å². The lowest BCUT2D eigenvalue weighted by atomic mass is 10.00. The summed E-state index contributed by atoms with van der Waals surface area (Å²) in [6.45, 7) is 2.00. The second-order valence-corrected chi connectivity index (χ2v) is 4.89. The molecule has 0 aromatic heterocycles. The van der Waals surface area contributed by atoms with Crippen LogP contribution in [0.15, 0.2) is 42.5 Å². The molecule has 2 aromatic carbocycles. The van der Waals surface area contributed by atoms with Crippen molar-refractivity contribution >= 4 is 12.4 Å². The fraction of sp³-hybridized carbons (Fsp3) is 0.250. The van der Waals surface area contributed by atoms with Crippen LogP contribution in [-0.2, 0) is 12.7 Å². The molecule has 1 aliphatic heterocycles. The van der Waals surface area contributed by atoms with Crippen LogP contribution in [0.5, 0.6) is 5.75 Å². The third kappa shape index (κ3) is 3.36. The number of hydrogen-bond donors (Lipinski definition) is 1. The summed E-state index contributed by atoms with van der Waals surface area (Å²) in [5.74, 6) is 0.752. The molecular weight excluding hydrogens is 315 g/mol. The maximum absolute atomic E-state index is 12.6. The van der Waals surface area contributed by atoms with Gasteiger partial charge < -0.3 is 10.1 Å². The van der Waals surface area contributed by atoms with Crippen LogP contribution >= 0.6 is 12.4 Å². The zero-order valence-electron chi connectivity index (χ0n) is 11.6. The Morgan fingerprint density at radius 1 is 1.00 bits per heavy atom. The van der Waals surface area contributed by atoms with E-state index < -0.39 is 11.7 Å². The molecule has 2 aromatic rings. The Hall–Kier alpha value is -1.72. The zero-order valence-corrected chi connectivity index (χ0v) is 12.4. The van der Waals surface area contributed by atoms with E-state index in [1.165, 1.54) is 12.1 Å². The fourth-order valence-corrected chi connectivity index (χ4v) is 2.41. The minimum Gasteiger partial charge on any atom is -0.491 e. The molecule has 0 bridgehead atoms. The van der Waals surface area contributed by atoms with E-state index in [1.54, 1.807) is 0 Å². The molecule has 1 heterocycles. The van der Waals surface area contributed by atoms with Gasteiger partial charge in [-0.25, -0.2) is 0 Å². The van der Waals surface area contributed by atoms with E-state index in [2.05, 4.69) is 5.32 Å². The average Bonchev–Trinajstić information content (AvgIpc) is 2.71. The molecule has 0 atom stereocenters. The molecule has 0 radical (unpaired) electrons. The molecule has 6 heteroatoms. The van der Waals surface area contributed by atoms with Crippen molar-refractivity contribution in [1.82, 2.24) is 5.32 Å². The van der Waals surface area contributed by atoms with Gasteiger partial charge in [-0.3, -0.25) is 0 Å². The predicted molar refractivity (Wildman–Crippen MR) is 81.3 cm³/mol. The van der Waals surface area contributed by atoms with Gasteiger partial charge in [0, 0.05) is 24.2 Å². The smallest absolute Gasteiger partial charge is 0.416 e. The second-order valence-electron chi connectivity index (χ2n) is 4.89. The first kappa shape index (κ1) is 16.6. The molecule has 0 spiro atoms. The maximum Gasteiger partial charge on any atom is 0.416 e. The van der Waals surface area contributed by atoms with Crippen molar-refractivity contribution in [3.8, 4) is 16.9 Å². The molecule has 0 saturated heterocycles. The number of alkyl halides is 3. The number of ether oxygens (including phenoxy) is 1. The molecule has 0 fully saturated rings. The number of fused-ring (bicyclic) bond motifs is 1. The first-order valence-corrected chi connectivity index (χ1v) is 6.69. The minimum atomic E-state index is -4.31. The number of nitrogens with one attached hydrogen (secondary N) is 1. The van der Waals surface area contributed by atoms with E-state index in [0.29, 0.717) is 13.2 Å². The first-order chi connectivity index (χ1) is 10.1. The quantitative estimate of drug-likeness (QED) is 0.843. The van der Waals surface area contributed by atoms with E-state index >= 15 is 0 Å². The van der Waals surface area contributed by atoms with E-state index in [0.717, 1.165) is 41.1 Å². The highest BCUT2D eigenvalue weighted by atomic mass is 35.5. The van der Waals surface area contributed by atoms with Gasteiger partial charge >= 0.3 is 6.18 Å². The largest absolute Gasteiger partial charge is 0.491 e. The summed E-state index contributed by atoms with van der Waals surface area (Å²) in [7, 11) is 0. The predicted octanol–water partition coefficient (Wildman–Crippen LogP) is 4.28. The highest BCUT2D eigenvalue weighted by Gasteiger charge is 2.30. The van der Waals surface area contributed by atoms with E-state index in [4.69, 9.17) is 4.74 Å². The van der Waals surface area contributed by atoms with Crippen LogP contribution in [-0.4, -0.2) is 13.2 Å². The normalized spacial score (nSPS) is 14.3. The van der Waals surface area contributed by atoms with Crippen LogP contribution in [0.3, 0.4) is 0 Å². The van der Waals surface area contributed by atoms with Crippen LogP contribution in [0.2, 0.25) is 0 Å². The van der Waals surface area contributed by atoms with Gasteiger partial charge in [0.15, 0.2) is 0 Å². The summed E-state index contributed by atoms with van der Waals surface area (Å²) in [5, 5.41) is 3.24. The zero-order chi connectivity index (χ0) is 14.9. The topological polar surface area (TPSA) is 21.3 Å². The molecular formula is C16H15ClF3NO. The van der Waals surface area contributed by atoms with Gasteiger partial charge in [-0.1, -0.05) is 30.3 Å². The number of rotatable bonds is 1. The number of para-hydroxylation sites is 1. The molecule has 0 saturated carbocycles. The molecule has 0 amide bonds. The lowest BCUT2D eigenvalue weighted by Gasteiger charge is -2.13. The SMILES string of the molecule is Cl.FC(F)(F)c1ccc(-c2cccc3c2OCCNC3)cc1. The van der Waals surface area contributed by atoms with Gasteiger partial charge in [-0.2, -0.15) is 13.2 Å². The Morgan fingerprint density at radius 2 is 1.73 bits per heavy atom. The highest BCUT2D eigenvalue weighted by Crippen LogP contribution is 2.36. The van der Waals surface area contributed by atoms with Gasteiger partial charge in [0.05, 0.1) is 5.56 Å². The van der Waals surface area contributed by atoms with Crippen molar-refractivity contribution in [1.29, 1.82) is 0 Å². The van der Waals surface area contributed by atoms with Gasteiger partial charge in [-0.15, -0.1) is 12.4 Å². The van der Waals surface area contributed by atoms with Crippen molar-refractivity contribution < 1.29 is 17.9 Å². The highest BCUT2D eigenvalue weighted by molar-refractivity contribution is 5.85. The van der Waals surface area contributed by atoms with Crippen LogP contribution < -0.4 is 10.1 Å². The van der Waals surface area contributed by atoms with Crippen molar-refractivity contribution in [2.75, 3.05) is 13.2 Å². The van der Waals surface area contributed by atoms with E-state index in [9.17, 15) is 13.2 Å². The van der Waals surface area contributed by atoms with Crippen molar-refractivity contribution in [3.05, 3.63) is 53.6 Å². The number of halogens is 4. The summed E-state index contributed by atoms with van der Waals surface area (Å²) < 4.78 is 43.6. The molecule has 0 aliphatic carbocycles. The molecule has 118 valence electrons. The van der Waals surface area contributed by atoms with Crippen LogP contribution in [0, 0.1) is 0 Å². The average molecular weight is 330 g/mol. The Kier molecular flexibility index (Phi) is 4.98. The van der Waals surface area contributed by atoms with Gasteiger partial charge in [0.25, 0.3) is 0 Å². The third-order valence-electron chi connectivity index (χ3n) is 3.46. The Bertz CT molecular complexity index is 641. The number of benzene rings is 2. The van der Waals surface area contributed by atoms with E-state index in [-0.39, 0.29) is 12.4 Å². The monoisotopic (exact) mass is 329 g/mol. The lowest BCUT2D eigenvalue weighted by Crippen LogP contribution is -2.16. The minimum absolute atomic E-state index is 0. The molecule has 2 nitrogen and oxygen atoms in total. The molecule has 1 N–H and O–H groups in total. The van der Waals surface area contributed by atoms with Crippen molar-refractivity contribution in [2.24, 2.45) is 0 Å². The van der Waals surface area contributed by atoms with Gasteiger partial charge in [-0.05, 0) is 17.7 Å². The summed E-state index contributed by atoms with van der Waals surface area (Å²) in [6, 6.07) is 10.9. The summed E-state index contributed by atoms with van der Waals surface area (Å²) in [6.07, 6.45) is -4.31. The molecule has 1 aliphatic rings. The van der Waals surface area contributed by atoms with Crippen LogP contribution in [0.1, 0.15) is 11.1 Å². The fourth-order valence-electron chi connectivity index (χ4n) is 2.41. The summed E-state index contributed by atoms with van der Waals surface area (Å²) >= 11 is 0. The lowest BCUT2D eigenvalue weighted by molar-refractivity contribution is -0.137. The van der Waals surface area contributed by atoms with Crippen LogP contribution in [0.25, 0.3) is 11.1 Å². The standard InChI is InChI=1S/C16H14F3NO.ClH/c17-16(18,19)13-6-4-11(5-7-13)14-3-1-2-12-10-20-8-9-21-15(12)14;/h1-7,20H,8-10H2;1H.